The Morgan fingerprint density at radius 3 is 2.73 bits per heavy atom. The van der Waals surface area contributed by atoms with Gasteiger partial charge in [-0.15, -0.1) is 0 Å². The highest BCUT2D eigenvalue weighted by molar-refractivity contribution is 5.88. The van der Waals surface area contributed by atoms with Gasteiger partial charge in [0.2, 0.25) is 0 Å². The molecule has 0 radical (unpaired) electrons. The summed E-state index contributed by atoms with van der Waals surface area (Å²) in [7, 11) is 4.10. The third-order valence-electron chi connectivity index (χ3n) is 2.57. The molecule has 0 aliphatic heterocycles. The number of aromatic amines is 1. The van der Waals surface area contributed by atoms with Gasteiger partial charge in [-0.3, -0.25) is 0 Å². The van der Waals surface area contributed by atoms with Gasteiger partial charge in [0.05, 0.1) is 0 Å². The number of nitrogens with zero attached hydrogens (tertiary/aromatic N) is 1. The van der Waals surface area contributed by atoms with Crippen molar-refractivity contribution in [2.75, 3.05) is 19.8 Å². The Kier molecular flexibility index (Phi) is 2.40. The van der Waals surface area contributed by atoms with Crippen LogP contribution in [0, 0.1) is 6.92 Å². The van der Waals surface area contributed by atoms with E-state index in [9.17, 15) is 0 Å². The molecule has 80 valence electrons. The molecule has 3 N–H and O–H groups in total. The van der Waals surface area contributed by atoms with Crippen LogP contribution in [-0.2, 0) is 6.54 Å². The maximum Gasteiger partial charge on any atom is 0.106 e. The fraction of sp³-hybridized carbons (Fsp3) is 0.333. The second-order valence-corrected chi connectivity index (χ2v) is 4.30. The highest BCUT2D eigenvalue weighted by atomic mass is 15.1. The Bertz CT molecular complexity index is 483. The van der Waals surface area contributed by atoms with Crippen molar-refractivity contribution in [2.24, 2.45) is 0 Å². The molecule has 2 aromatic rings. The SMILES string of the molecule is Cc1ccc2[nH]c(N)c(CN(C)C)c2c1. The van der Waals surface area contributed by atoms with E-state index in [1.165, 1.54) is 16.5 Å². The summed E-state index contributed by atoms with van der Waals surface area (Å²) in [4.78, 5) is 5.34. The van der Waals surface area contributed by atoms with Gasteiger partial charge >= 0.3 is 0 Å². The number of hydrogen-bond acceptors (Lipinski definition) is 2. The predicted octanol–water partition coefficient (Wildman–Crippen LogP) is 2.12. The standard InChI is InChI=1S/C12H17N3/c1-8-4-5-11-9(6-8)10(7-15(2)3)12(13)14-11/h4-6,14H,7,13H2,1-3H3. The fourth-order valence-corrected chi connectivity index (χ4v) is 1.87. The van der Waals surface area contributed by atoms with Crippen LogP contribution in [0.2, 0.25) is 0 Å². The molecular weight excluding hydrogens is 186 g/mol. The number of fused-ring (bicyclic) bond motifs is 1. The zero-order valence-corrected chi connectivity index (χ0v) is 9.46. The van der Waals surface area contributed by atoms with Gasteiger partial charge in [-0.1, -0.05) is 11.6 Å². The van der Waals surface area contributed by atoms with Crippen molar-refractivity contribution >= 4 is 16.7 Å². The largest absolute Gasteiger partial charge is 0.385 e. The molecule has 0 amide bonds. The van der Waals surface area contributed by atoms with Crippen LogP contribution in [0.1, 0.15) is 11.1 Å². The van der Waals surface area contributed by atoms with Gasteiger partial charge in [-0.05, 0) is 33.2 Å². The van der Waals surface area contributed by atoms with Crippen LogP contribution in [0.25, 0.3) is 10.9 Å². The van der Waals surface area contributed by atoms with Gasteiger partial charge < -0.3 is 15.6 Å². The molecule has 0 saturated heterocycles. The van der Waals surface area contributed by atoms with Crippen molar-refractivity contribution in [3.05, 3.63) is 29.3 Å². The summed E-state index contributed by atoms with van der Waals surface area (Å²) in [5, 5.41) is 1.24. The summed E-state index contributed by atoms with van der Waals surface area (Å²) in [6, 6.07) is 6.36. The van der Waals surface area contributed by atoms with Gasteiger partial charge in [0.25, 0.3) is 0 Å². The molecule has 0 fully saturated rings. The second-order valence-electron chi connectivity index (χ2n) is 4.30. The number of anilines is 1. The highest BCUT2D eigenvalue weighted by Crippen LogP contribution is 2.25. The second kappa shape index (κ2) is 3.59. The van der Waals surface area contributed by atoms with E-state index in [1.54, 1.807) is 0 Å². The van der Waals surface area contributed by atoms with Crippen LogP contribution >= 0.6 is 0 Å². The van der Waals surface area contributed by atoms with Crippen LogP contribution in [0.4, 0.5) is 5.82 Å². The number of aromatic nitrogens is 1. The summed E-state index contributed by atoms with van der Waals surface area (Å²) in [6.07, 6.45) is 0. The first-order chi connectivity index (χ1) is 7.08. The Balaban J connectivity index is 2.60. The van der Waals surface area contributed by atoms with Crippen LogP contribution in [-0.4, -0.2) is 24.0 Å². The van der Waals surface area contributed by atoms with E-state index in [-0.39, 0.29) is 0 Å². The Morgan fingerprint density at radius 1 is 1.33 bits per heavy atom. The smallest absolute Gasteiger partial charge is 0.106 e. The van der Waals surface area contributed by atoms with Crippen molar-refractivity contribution in [1.29, 1.82) is 0 Å². The topological polar surface area (TPSA) is 45.1 Å². The lowest BCUT2D eigenvalue weighted by atomic mass is 10.1. The molecule has 0 saturated carbocycles. The molecule has 0 spiro atoms. The number of nitrogens with one attached hydrogen (secondary N) is 1. The van der Waals surface area contributed by atoms with Crippen LogP contribution in [0.5, 0.6) is 0 Å². The number of benzene rings is 1. The zero-order valence-electron chi connectivity index (χ0n) is 9.46. The van der Waals surface area contributed by atoms with E-state index < -0.39 is 0 Å². The van der Waals surface area contributed by atoms with Crippen molar-refractivity contribution in [3.63, 3.8) is 0 Å². The van der Waals surface area contributed by atoms with Crippen LogP contribution in [0.15, 0.2) is 18.2 Å². The molecule has 0 unspecified atom stereocenters. The molecule has 15 heavy (non-hydrogen) atoms. The number of nitrogen functional groups attached to an aromatic ring is 1. The average Bonchev–Trinajstić information content (AvgIpc) is 2.43. The van der Waals surface area contributed by atoms with E-state index in [4.69, 9.17) is 5.73 Å². The normalized spacial score (nSPS) is 11.5. The third kappa shape index (κ3) is 1.83. The van der Waals surface area contributed by atoms with Crippen molar-refractivity contribution in [2.45, 2.75) is 13.5 Å². The average molecular weight is 203 g/mol. The number of aryl methyl sites for hydroxylation is 1. The van der Waals surface area contributed by atoms with Crippen molar-refractivity contribution in [1.82, 2.24) is 9.88 Å². The van der Waals surface area contributed by atoms with Gasteiger partial charge in [-0.25, -0.2) is 0 Å². The van der Waals surface area contributed by atoms with Crippen LogP contribution in [0.3, 0.4) is 0 Å². The minimum Gasteiger partial charge on any atom is -0.385 e. The molecule has 1 aromatic carbocycles. The monoisotopic (exact) mass is 203 g/mol. The minimum absolute atomic E-state index is 0.782. The summed E-state index contributed by atoms with van der Waals surface area (Å²) in [5.41, 5.74) is 9.55. The Morgan fingerprint density at radius 2 is 2.07 bits per heavy atom. The first-order valence-corrected chi connectivity index (χ1v) is 5.09. The molecule has 1 aromatic heterocycles. The first-order valence-electron chi connectivity index (χ1n) is 5.09. The zero-order chi connectivity index (χ0) is 11.0. The summed E-state index contributed by atoms with van der Waals surface area (Å²) >= 11 is 0. The van der Waals surface area contributed by atoms with Gasteiger partial charge in [0.1, 0.15) is 5.82 Å². The lowest BCUT2D eigenvalue weighted by Gasteiger charge is -2.09. The maximum absolute atomic E-state index is 5.97. The fourth-order valence-electron chi connectivity index (χ4n) is 1.87. The van der Waals surface area contributed by atoms with E-state index in [1.807, 2.05) is 14.1 Å². The molecule has 0 aliphatic rings. The highest BCUT2D eigenvalue weighted by Gasteiger charge is 2.09. The van der Waals surface area contributed by atoms with Crippen LogP contribution < -0.4 is 5.73 Å². The summed E-state index contributed by atoms with van der Waals surface area (Å²) < 4.78 is 0. The van der Waals surface area contributed by atoms with Crippen molar-refractivity contribution < 1.29 is 0 Å². The lowest BCUT2D eigenvalue weighted by Crippen LogP contribution is -2.11. The van der Waals surface area contributed by atoms with Gasteiger partial charge in [-0.2, -0.15) is 0 Å². The molecule has 3 nitrogen and oxygen atoms in total. The maximum atomic E-state index is 5.97. The van der Waals surface area contributed by atoms with E-state index >= 15 is 0 Å². The number of hydrogen-bond donors (Lipinski definition) is 2. The quantitative estimate of drug-likeness (QED) is 0.785. The lowest BCUT2D eigenvalue weighted by molar-refractivity contribution is 0.405. The van der Waals surface area contributed by atoms with E-state index in [2.05, 4.69) is 35.0 Å². The van der Waals surface area contributed by atoms with Gasteiger partial charge in [0, 0.05) is 23.0 Å². The van der Waals surface area contributed by atoms with Crippen molar-refractivity contribution in [3.8, 4) is 0 Å². The molecule has 0 bridgehead atoms. The third-order valence-corrected chi connectivity index (χ3v) is 2.57. The van der Waals surface area contributed by atoms with Gasteiger partial charge in [0.15, 0.2) is 0 Å². The molecule has 3 heteroatoms. The Hall–Kier alpha value is -1.48. The molecule has 2 rings (SSSR count). The number of rotatable bonds is 2. The molecular formula is C12H17N3. The van der Waals surface area contributed by atoms with E-state index in [0.717, 1.165) is 17.9 Å². The first kappa shape index (κ1) is 10.1. The summed E-state index contributed by atoms with van der Waals surface area (Å²) in [6.45, 7) is 2.97. The van der Waals surface area contributed by atoms with E-state index in [0.29, 0.717) is 0 Å². The predicted molar refractivity (Wildman–Crippen MR) is 64.8 cm³/mol. The number of nitrogens with two attached hydrogens (primary N) is 1. The molecule has 0 aliphatic carbocycles. The Labute approximate surface area is 89.9 Å². The minimum atomic E-state index is 0.782. The molecule has 0 atom stereocenters. The summed E-state index contributed by atoms with van der Waals surface area (Å²) in [5.74, 6) is 0.782. The molecule has 1 heterocycles. The number of H-pyrrole nitrogens is 1.